The van der Waals surface area contributed by atoms with Gasteiger partial charge in [0.1, 0.15) is 5.75 Å². The lowest BCUT2D eigenvalue weighted by molar-refractivity contribution is -0.386. The Balaban J connectivity index is 2.32. The molecule has 3 aromatic carbocycles. The number of hydrogen-bond acceptors (Lipinski definition) is 5. The van der Waals surface area contributed by atoms with E-state index < -0.39 is 22.2 Å². The van der Waals surface area contributed by atoms with E-state index in [1.807, 2.05) is 0 Å². The molecule has 6 nitrogen and oxygen atoms in total. The van der Waals surface area contributed by atoms with Crippen molar-refractivity contribution in [2.24, 2.45) is 0 Å². The minimum absolute atomic E-state index is 0.0264. The van der Waals surface area contributed by atoms with Crippen LogP contribution < -0.4 is 0 Å². The van der Waals surface area contributed by atoms with Gasteiger partial charge in [0.15, 0.2) is 11.6 Å². The molecule has 0 atom stereocenters. The van der Waals surface area contributed by atoms with Crippen molar-refractivity contribution < 1.29 is 19.6 Å². The van der Waals surface area contributed by atoms with Gasteiger partial charge in [-0.2, -0.15) is 0 Å². The average Bonchev–Trinajstić information content (AvgIpc) is 2.68. The SMILES string of the molecule is Cc1c(C(=O)c2ccccc2)c(O)c(C(=O)c2ccccc2)c(C)c1[N+](=O)[O-]. The molecule has 0 aromatic heterocycles. The van der Waals surface area contributed by atoms with E-state index in [1.54, 1.807) is 60.7 Å². The molecule has 0 amide bonds. The second-order valence-electron chi connectivity index (χ2n) is 6.34. The smallest absolute Gasteiger partial charge is 0.276 e. The first kappa shape index (κ1) is 19.0. The van der Waals surface area contributed by atoms with Crippen LogP contribution in [0.15, 0.2) is 60.7 Å². The molecule has 0 spiro atoms. The quantitative estimate of drug-likeness (QED) is 0.405. The molecule has 0 radical (unpaired) electrons. The maximum atomic E-state index is 13.0. The lowest BCUT2D eigenvalue weighted by Gasteiger charge is -2.15. The van der Waals surface area contributed by atoms with E-state index in [-0.39, 0.29) is 39.1 Å². The highest BCUT2D eigenvalue weighted by Gasteiger charge is 2.32. The van der Waals surface area contributed by atoms with Crippen LogP contribution >= 0.6 is 0 Å². The Morgan fingerprint density at radius 2 is 1.14 bits per heavy atom. The molecule has 28 heavy (non-hydrogen) atoms. The van der Waals surface area contributed by atoms with Crippen molar-refractivity contribution in [3.8, 4) is 5.75 Å². The predicted octanol–water partition coefficient (Wildman–Crippen LogP) is 4.38. The first-order chi connectivity index (χ1) is 13.3. The van der Waals surface area contributed by atoms with Crippen LogP contribution in [0.3, 0.4) is 0 Å². The lowest BCUT2D eigenvalue weighted by Crippen LogP contribution is -2.13. The third kappa shape index (κ3) is 3.16. The number of nitro benzene ring substituents is 1. The number of nitrogens with zero attached hydrogens (tertiary/aromatic N) is 1. The van der Waals surface area contributed by atoms with E-state index in [0.29, 0.717) is 0 Å². The highest BCUT2D eigenvalue weighted by Crippen LogP contribution is 2.39. The molecule has 0 fully saturated rings. The number of hydrogen-bond donors (Lipinski definition) is 1. The topological polar surface area (TPSA) is 97.5 Å². The summed E-state index contributed by atoms with van der Waals surface area (Å²) in [5.41, 5.74) is -0.242. The summed E-state index contributed by atoms with van der Waals surface area (Å²) in [7, 11) is 0. The molecule has 0 bridgehead atoms. The van der Waals surface area contributed by atoms with Gasteiger partial charge in [0.05, 0.1) is 16.1 Å². The van der Waals surface area contributed by atoms with E-state index in [1.165, 1.54) is 13.8 Å². The second-order valence-corrected chi connectivity index (χ2v) is 6.34. The van der Waals surface area contributed by atoms with Crippen LogP contribution in [-0.2, 0) is 0 Å². The molecule has 1 N–H and O–H groups in total. The van der Waals surface area contributed by atoms with Crippen molar-refractivity contribution in [1.82, 2.24) is 0 Å². The van der Waals surface area contributed by atoms with Crippen LogP contribution in [0.1, 0.15) is 43.0 Å². The molecule has 3 rings (SSSR count). The minimum Gasteiger partial charge on any atom is -0.506 e. The highest BCUT2D eigenvalue weighted by molar-refractivity contribution is 6.18. The minimum atomic E-state index is -0.631. The van der Waals surface area contributed by atoms with E-state index in [4.69, 9.17) is 0 Å². The number of rotatable bonds is 5. The molecule has 6 heteroatoms. The van der Waals surface area contributed by atoms with Gasteiger partial charge in [-0.3, -0.25) is 19.7 Å². The van der Waals surface area contributed by atoms with Crippen molar-refractivity contribution in [2.75, 3.05) is 0 Å². The van der Waals surface area contributed by atoms with Gasteiger partial charge in [0, 0.05) is 22.3 Å². The van der Waals surface area contributed by atoms with E-state index in [2.05, 4.69) is 0 Å². The number of phenols is 1. The van der Waals surface area contributed by atoms with Crippen LogP contribution in [0.4, 0.5) is 5.69 Å². The van der Waals surface area contributed by atoms with Gasteiger partial charge >= 0.3 is 0 Å². The third-order valence-corrected chi connectivity index (χ3v) is 4.64. The molecule has 3 aromatic rings. The molecule has 0 saturated heterocycles. The first-order valence-corrected chi connectivity index (χ1v) is 8.54. The number of carbonyl (C=O) groups excluding carboxylic acids is 2. The van der Waals surface area contributed by atoms with E-state index in [9.17, 15) is 24.8 Å². The Kier molecular flexibility index (Phi) is 5.04. The maximum absolute atomic E-state index is 13.0. The second kappa shape index (κ2) is 7.44. The summed E-state index contributed by atoms with van der Waals surface area (Å²) in [5.74, 6) is -1.70. The fraction of sp³-hybridized carbons (Fsp3) is 0.0909. The van der Waals surface area contributed by atoms with E-state index >= 15 is 0 Å². The van der Waals surface area contributed by atoms with Crippen LogP contribution in [0.2, 0.25) is 0 Å². The van der Waals surface area contributed by atoms with Gasteiger partial charge in [-0.15, -0.1) is 0 Å². The van der Waals surface area contributed by atoms with Crippen LogP contribution in [0.25, 0.3) is 0 Å². The normalized spacial score (nSPS) is 10.5. The van der Waals surface area contributed by atoms with Gasteiger partial charge in [0.25, 0.3) is 5.69 Å². The highest BCUT2D eigenvalue weighted by atomic mass is 16.6. The van der Waals surface area contributed by atoms with Crippen molar-refractivity contribution in [2.45, 2.75) is 13.8 Å². The zero-order valence-electron chi connectivity index (χ0n) is 15.3. The molecule has 0 saturated carbocycles. The molecule has 0 aliphatic rings. The largest absolute Gasteiger partial charge is 0.506 e. The molecular weight excluding hydrogens is 358 g/mol. The Hall–Kier alpha value is -3.80. The molecule has 140 valence electrons. The van der Waals surface area contributed by atoms with Crippen molar-refractivity contribution >= 4 is 17.3 Å². The summed E-state index contributed by atoms with van der Waals surface area (Å²) in [6.45, 7) is 2.80. The maximum Gasteiger partial charge on any atom is 0.276 e. The average molecular weight is 375 g/mol. The number of carbonyl (C=O) groups is 2. The van der Waals surface area contributed by atoms with Crippen molar-refractivity contribution in [1.29, 1.82) is 0 Å². The summed E-state index contributed by atoms with van der Waals surface area (Å²) >= 11 is 0. The van der Waals surface area contributed by atoms with Gasteiger partial charge in [-0.1, -0.05) is 60.7 Å². The van der Waals surface area contributed by atoms with Crippen LogP contribution in [0.5, 0.6) is 5.75 Å². The van der Waals surface area contributed by atoms with Gasteiger partial charge in [-0.25, -0.2) is 0 Å². The molecule has 0 aliphatic carbocycles. The Morgan fingerprint density at radius 3 is 1.46 bits per heavy atom. The lowest BCUT2D eigenvalue weighted by atomic mass is 9.88. The van der Waals surface area contributed by atoms with Crippen LogP contribution in [-0.4, -0.2) is 21.6 Å². The predicted molar refractivity (Wildman–Crippen MR) is 104 cm³/mol. The van der Waals surface area contributed by atoms with E-state index in [0.717, 1.165) is 0 Å². The molecule has 0 aliphatic heterocycles. The number of phenolic OH excluding ortho intramolecular Hbond substituents is 1. The number of nitro groups is 1. The van der Waals surface area contributed by atoms with Gasteiger partial charge < -0.3 is 5.11 Å². The van der Waals surface area contributed by atoms with Gasteiger partial charge in [-0.05, 0) is 13.8 Å². The van der Waals surface area contributed by atoms with Crippen molar-refractivity contribution in [3.63, 3.8) is 0 Å². The number of aromatic hydroxyl groups is 1. The Morgan fingerprint density at radius 1 is 0.786 bits per heavy atom. The van der Waals surface area contributed by atoms with Crippen molar-refractivity contribution in [3.05, 3.63) is 104 Å². The summed E-state index contributed by atoms with van der Waals surface area (Å²) in [6, 6.07) is 16.2. The zero-order valence-corrected chi connectivity index (χ0v) is 15.3. The zero-order chi connectivity index (χ0) is 20.4. The molecule has 0 heterocycles. The van der Waals surface area contributed by atoms with Crippen LogP contribution in [0, 0.1) is 24.0 Å². The first-order valence-electron chi connectivity index (χ1n) is 8.54. The summed E-state index contributed by atoms with van der Waals surface area (Å²) in [5, 5.41) is 22.5. The molecule has 0 unspecified atom stereocenters. The Bertz CT molecular complexity index is 1010. The summed E-state index contributed by atoms with van der Waals surface area (Å²) in [6.07, 6.45) is 0. The standard InChI is InChI=1S/C22H17NO5/c1-13-17(20(24)15-9-5-3-6-10-15)22(26)18(14(2)19(13)23(27)28)21(25)16-11-7-4-8-12-16/h3-12,26H,1-2H3. The third-order valence-electron chi connectivity index (χ3n) is 4.64. The number of ketones is 2. The Labute approximate surface area is 161 Å². The summed E-state index contributed by atoms with van der Waals surface area (Å²) in [4.78, 5) is 37.0. The molecular formula is C22H17NO5. The van der Waals surface area contributed by atoms with Gasteiger partial charge in [0.2, 0.25) is 0 Å². The summed E-state index contributed by atoms with van der Waals surface area (Å²) < 4.78 is 0. The number of benzene rings is 3. The fourth-order valence-corrected chi connectivity index (χ4v) is 3.30. The fourth-order valence-electron chi connectivity index (χ4n) is 3.30. The monoisotopic (exact) mass is 375 g/mol.